The molecule has 2 fully saturated rings. The molecule has 3 amide bonds. The fourth-order valence-corrected chi connectivity index (χ4v) is 4.63. The zero-order chi connectivity index (χ0) is 19.5. The Hall–Kier alpha value is -2.61. The maximum absolute atomic E-state index is 12.9. The molecule has 1 aromatic heterocycles. The third-order valence-corrected chi connectivity index (χ3v) is 6.02. The highest BCUT2D eigenvalue weighted by Gasteiger charge is 2.31. The summed E-state index contributed by atoms with van der Waals surface area (Å²) in [5.74, 6) is 0.933. The van der Waals surface area contributed by atoms with Crippen LogP contribution in [0.2, 0.25) is 0 Å². The number of anilines is 1. The number of hydrogen-bond donors (Lipinski definition) is 1. The van der Waals surface area contributed by atoms with Crippen LogP contribution in [-0.4, -0.2) is 48.1 Å². The van der Waals surface area contributed by atoms with Crippen LogP contribution in [-0.2, 0) is 11.2 Å². The molecule has 148 valence electrons. The molecular formula is C20H24N4O3S. The molecule has 0 bridgehead atoms. The summed E-state index contributed by atoms with van der Waals surface area (Å²) in [6, 6.07) is 8.01. The molecule has 2 saturated heterocycles. The number of ether oxygens (including phenoxy) is 1. The molecule has 2 aliphatic rings. The van der Waals surface area contributed by atoms with Gasteiger partial charge in [0.15, 0.2) is 5.13 Å². The van der Waals surface area contributed by atoms with Crippen molar-refractivity contribution in [2.45, 2.75) is 32.2 Å². The van der Waals surface area contributed by atoms with E-state index in [9.17, 15) is 9.59 Å². The summed E-state index contributed by atoms with van der Waals surface area (Å²) in [4.78, 5) is 32.8. The van der Waals surface area contributed by atoms with Crippen LogP contribution in [0.15, 0.2) is 29.6 Å². The molecule has 28 heavy (non-hydrogen) atoms. The van der Waals surface area contributed by atoms with E-state index in [2.05, 4.69) is 10.3 Å². The smallest absolute Gasteiger partial charge is 0.323 e. The van der Waals surface area contributed by atoms with Crippen molar-refractivity contribution in [2.24, 2.45) is 0 Å². The minimum absolute atomic E-state index is 0.0825. The third kappa shape index (κ3) is 3.82. The lowest BCUT2D eigenvalue weighted by molar-refractivity contribution is -0.131. The van der Waals surface area contributed by atoms with E-state index in [1.165, 1.54) is 11.3 Å². The summed E-state index contributed by atoms with van der Waals surface area (Å²) >= 11 is 1.41. The Morgan fingerprint density at radius 2 is 2.14 bits per heavy atom. The van der Waals surface area contributed by atoms with Crippen LogP contribution in [0.1, 0.15) is 37.1 Å². The number of thiazole rings is 1. The predicted molar refractivity (Wildman–Crippen MR) is 108 cm³/mol. The van der Waals surface area contributed by atoms with E-state index in [0.717, 1.165) is 36.4 Å². The Morgan fingerprint density at radius 3 is 2.86 bits per heavy atom. The van der Waals surface area contributed by atoms with Crippen molar-refractivity contribution in [1.82, 2.24) is 15.2 Å². The lowest BCUT2D eigenvalue weighted by atomic mass is 10.0. The summed E-state index contributed by atoms with van der Waals surface area (Å²) in [7, 11) is 0. The van der Waals surface area contributed by atoms with Gasteiger partial charge in [0.25, 0.3) is 0 Å². The summed E-state index contributed by atoms with van der Waals surface area (Å²) in [6.07, 6.45) is 2.23. The minimum atomic E-state index is -0.123. The van der Waals surface area contributed by atoms with Gasteiger partial charge in [-0.05, 0) is 37.5 Å². The number of likely N-dealkylation sites (tertiary alicyclic amines) is 1. The molecule has 0 saturated carbocycles. The lowest BCUT2D eigenvalue weighted by Gasteiger charge is -2.25. The molecule has 0 radical (unpaired) electrons. The Morgan fingerprint density at radius 1 is 1.32 bits per heavy atom. The van der Waals surface area contributed by atoms with Gasteiger partial charge in [-0.3, -0.25) is 9.69 Å². The highest BCUT2D eigenvalue weighted by molar-refractivity contribution is 7.14. The number of carbonyl (C=O) groups excluding carboxylic acids is 2. The first kappa shape index (κ1) is 18.7. The van der Waals surface area contributed by atoms with Gasteiger partial charge in [-0.1, -0.05) is 12.1 Å². The van der Waals surface area contributed by atoms with E-state index >= 15 is 0 Å². The Bertz CT molecular complexity index is 851. The molecule has 0 aliphatic carbocycles. The number of nitrogens with one attached hydrogen (secondary N) is 1. The first-order chi connectivity index (χ1) is 13.7. The molecule has 1 aromatic carbocycles. The minimum Gasteiger partial charge on any atom is -0.494 e. The molecular weight excluding hydrogens is 376 g/mol. The van der Waals surface area contributed by atoms with Gasteiger partial charge in [-0.2, -0.15) is 0 Å². The quantitative estimate of drug-likeness (QED) is 0.809. The fourth-order valence-electron chi connectivity index (χ4n) is 3.78. The third-order valence-electron chi connectivity index (χ3n) is 5.11. The number of rotatable bonds is 6. The molecule has 1 atom stereocenters. The second-order valence-corrected chi connectivity index (χ2v) is 7.77. The largest absolute Gasteiger partial charge is 0.494 e. The molecule has 1 unspecified atom stereocenters. The number of urea groups is 1. The van der Waals surface area contributed by atoms with Gasteiger partial charge in [0.2, 0.25) is 5.91 Å². The number of aromatic nitrogens is 1. The van der Waals surface area contributed by atoms with Crippen molar-refractivity contribution < 1.29 is 14.3 Å². The molecule has 0 spiro atoms. The van der Waals surface area contributed by atoms with E-state index in [4.69, 9.17) is 4.74 Å². The molecule has 7 nitrogen and oxygen atoms in total. The van der Waals surface area contributed by atoms with Gasteiger partial charge in [-0.15, -0.1) is 11.3 Å². The Kier molecular flexibility index (Phi) is 5.47. The van der Waals surface area contributed by atoms with Gasteiger partial charge < -0.3 is 15.0 Å². The van der Waals surface area contributed by atoms with Crippen molar-refractivity contribution in [1.29, 1.82) is 0 Å². The number of amides is 3. The second-order valence-electron chi connectivity index (χ2n) is 6.93. The molecule has 2 aliphatic heterocycles. The van der Waals surface area contributed by atoms with E-state index in [0.29, 0.717) is 24.8 Å². The number of nitrogens with zero attached hydrogens (tertiary/aromatic N) is 3. The molecule has 8 heteroatoms. The zero-order valence-corrected chi connectivity index (χ0v) is 16.7. The predicted octanol–water partition coefficient (Wildman–Crippen LogP) is 2.98. The summed E-state index contributed by atoms with van der Waals surface area (Å²) < 4.78 is 5.51. The van der Waals surface area contributed by atoms with Crippen LogP contribution < -0.4 is 15.0 Å². The summed E-state index contributed by atoms with van der Waals surface area (Å²) in [5, 5.41) is 5.30. The molecule has 1 N–H and O–H groups in total. The van der Waals surface area contributed by atoms with Crippen LogP contribution in [0.4, 0.5) is 9.93 Å². The van der Waals surface area contributed by atoms with Crippen molar-refractivity contribution in [3.8, 4) is 5.75 Å². The molecule has 2 aromatic rings. The first-order valence-corrected chi connectivity index (χ1v) is 10.6. The Labute approximate surface area is 168 Å². The normalized spacial score (nSPS) is 19.2. The number of benzene rings is 1. The molecule has 3 heterocycles. The maximum atomic E-state index is 12.9. The van der Waals surface area contributed by atoms with Gasteiger partial charge in [0.05, 0.1) is 24.8 Å². The van der Waals surface area contributed by atoms with Crippen molar-refractivity contribution >= 4 is 28.4 Å². The second kappa shape index (κ2) is 8.18. The van der Waals surface area contributed by atoms with Gasteiger partial charge in [0, 0.05) is 25.0 Å². The van der Waals surface area contributed by atoms with Crippen LogP contribution in [0.5, 0.6) is 5.75 Å². The Balaban J connectivity index is 1.42. The summed E-state index contributed by atoms with van der Waals surface area (Å²) in [6.45, 7) is 4.62. The SMILES string of the molecule is CCOc1ccc(C2CCCN2C(=O)Cc2csc(N3CCNC3=O)n2)cc1. The average Bonchev–Trinajstić information content (AvgIpc) is 3.43. The summed E-state index contributed by atoms with van der Waals surface area (Å²) in [5.41, 5.74) is 1.86. The highest BCUT2D eigenvalue weighted by atomic mass is 32.1. The van der Waals surface area contributed by atoms with Gasteiger partial charge in [0.1, 0.15) is 5.75 Å². The van der Waals surface area contributed by atoms with Gasteiger partial charge in [-0.25, -0.2) is 9.78 Å². The van der Waals surface area contributed by atoms with Crippen LogP contribution >= 0.6 is 11.3 Å². The standard InChI is InChI=1S/C20H24N4O3S/c1-2-27-16-7-5-14(6-8-16)17-4-3-10-23(17)18(25)12-15-13-28-20(22-15)24-11-9-21-19(24)26/h5-8,13,17H,2-4,9-12H2,1H3,(H,21,26). The van der Waals surface area contributed by atoms with Crippen molar-refractivity contribution in [3.05, 3.63) is 40.9 Å². The average molecular weight is 401 g/mol. The number of carbonyl (C=O) groups is 2. The topological polar surface area (TPSA) is 74.8 Å². The van der Waals surface area contributed by atoms with Crippen LogP contribution in [0.25, 0.3) is 0 Å². The number of hydrogen-bond acceptors (Lipinski definition) is 5. The van der Waals surface area contributed by atoms with Crippen LogP contribution in [0.3, 0.4) is 0 Å². The first-order valence-electron chi connectivity index (χ1n) is 9.67. The fraction of sp³-hybridized carbons (Fsp3) is 0.450. The zero-order valence-electron chi connectivity index (χ0n) is 15.9. The lowest BCUT2D eigenvalue weighted by Crippen LogP contribution is -2.32. The van der Waals surface area contributed by atoms with Crippen molar-refractivity contribution in [3.63, 3.8) is 0 Å². The van der Waals surface area contributed by atoms with E-state index in [-0.39, 0.29) is 24.4 Å². The monoisotopic (exact) mass is 400 g/mol. The van der Waals surface area contributed by atoms with Gasteiger partial charge >= 0.3 is 6.03 Å². The maximum Gasteiger partial charge on any atom is 0.323 e. The van der Waals surface area contributed by atoms with Crippen LogP contribution in [0, 0.1) is 0 Å². The molecule has 4 rings (SSSR count). The highest BCUT2D eigenvalue weighted by Crippen LogP contribution is 2.33. The van der Waals surface area contributed by atoms with E-state index in [1.54, 1.807) is 4.90 Å². The van der Waals surface area contributed by atoms with Crippen molar-refractivity contribution in [2.75, 3.05) is 31.1 Å². The van der Waals surface area contributed by atoms with E-state index < -0.39 is 0 Å². The van der Waals surface area contributed by atoms with E-state index in [1.807, 2.05) is 41.5 Å².